The van der Waals surface area contributed by atoms with Crippen LogP contribution in [-0.4, -0.2) is 29.3 Å². The van der Waals surface area contributed by atoms with Crippen molar-refractivity contribution in [2.24, 2.45) is 0 Å². The molecular weight excluding hydrogens is 361 g/mol. The highest BCUT2D eigenvalue weighted by Crippen LogP contribution is 2.29. The number of amides is 4. The minimum atomic E-state index is -1.28. The molecule has 134 valence electrons. The van der Waals surface area contributed by atoms with Gasteiger partial charge in [-0.15, -0.1) is 0 Å². The van der Waals surface area contributed by atoms with Crippen LogP contribution in [0, 0.1) is 5.82 Å². The van der Waals surface area contributed by atoms with Gasteiger partial charge in [-0.1, -0.05) is 23.7 Å². The summed E-state index contributed by atoms with van der Waals surface area (Å²) in [7, 11) is 0. The summed E-state index contributed by atoms with van der Waals surface area (Å²) in [6, 6.07) is 11.0. The van der Waals surface area contributed by atoms with Crippen LogP contribution in [0.2, 0.25) is 5.02 Å². The van der Waals surface area contributed by atoms with Crippen molar-refractivity contribution in [3.63, 3.8) is 0 Å². The summed E-state index contributed by atoms with van der Waals surface area (Å²) < 4.78 is 12.9. The second-order valence-electron chi connectivity index (χ2n) is 6.01. The lowest BCUT2D eigenvalue weighted by Crippen LogP contribution is -2.42. The summed E-state index contributed by atoms with van der Waals surface area (Å²) >= 11 is 5.85. The number of hydrogen-bond acceptors (Lipinski definition) is 3. The van der Waals surface area contributed by atoms with E-state index < -0.39 is 35.7 Å². The second kappa shape index (κ2) is 6.76. The summed E-state index contributed by atoms with van der Waals surface area (Å²) in [5.41, 5.74) is -0.358. The predicted molar refractivity (Wildman–Crippen MR) is 94.1 cm³/mol. The van der Waals surface area contributed by atoms with Crippen molar-refractivity contribution in [3.05, 3.63) is 64.9 Å². The number of nitrogens with zero attached hydrogens (tertiary/aromatic N) is 1. The van der Waals surface area contributed by atoms with Gasteiger partial charge in [-0.25, -0.2) is 9.18 Å². The van der Waals surface area contributed by atoms with Gasteiger partial charge < -0.3 is 10.6 Å². The van der Waals surface area contributed by atoms with Crippen LogP contribution in [0.3, 0.4) is 0 Å². The van der Waals surface area contributed by atoms with Gasteiger partial charge in [0.05, 0.1) is 0 Å². The molecule has 1 atom stereocenters. The average molecular weight is 376 g/mol. The number of carbonyl (C=O) groups is 3. The molecule has 0 aromatic heterocycles. The molecule has 0 unspecified atom stereocenters. The van der Waals surface area contributed by atoms with Crippen LogP contribution in [0.25, 0.3) is 0 Å². The number of carbonyl (C=O) groups excluding carboxylic acids is 3. The van der Waals surface area contributed by atoms with Crippen LogP contribution in [0.15, 0.2) is 48.5 Å². The van der Waals surface area contributed by atoms with Crippen molar-refractivity contribution in [1.29, 1.82) is 0 Å². The van der Waals surface area contributed by atoms with Crippen molar-refractivity contribution in [3.8, 4) is 0 Å². The number of hydrogen-bond donors (Lipinski definition) is 2. The molecule has 2 aromatic carbocycles. The minimum absolute atomic E-state index is 0.365. The fraction of sp³-hybridized carbons (Fsp3) is 0.167. The van der Waals surface area contributed by atoms with Gasteiger partial charge in [0.25, 0.3) is 5.91 Å². The third kappa shape index (κ3) is 3.39. The topological polar surface area (TPSA) is 78.5 Å². The lowest BCUT2D eigenvalue weighted by Gasteiger charge is -2.22. The lowest BCUT2D eigenvalue weighted by molar-refractivity contribution is -0.133. The molecule has 1 saturated heterocycles. The van der Waals surface area contributed by atoms with E-state index in [9.17, 15) is 18.8 Å². The lowest BCUT2D eigenvalue weighted by atomic mass is 9.92. The van der Waals surface area contributed by atoms with E-state index in [1.807, 2.05) is 0 Å². The number of nitrogens with one attached hydrogen (secondary N) is 2. The van der Waals surface area contributed by atoms with Crippen LogP contribution in [0.4, 0.5) is 14.9 Å². The fourth-order valence-electron chi connectivity index (χ4n) is 2.70. The van der Waals surface area contributed by atoms with Crippen molar-refractivity contribution in [2.75, 3.05) is 11.9 Å². The first-order valence-electron chi connectivity index (χ1n) is 7.75. The van der Waals surface area contributed by atoms with E-state index in [2.05, 4.69) is 10.6 Å². The summed E-state index contributed by atoms with van der Waals surface area (Å²) in [5.74, 6) is -1.55. The van der Waals surface area contributed by atoms with E-state index in [1.54, 1.807) is 31.2 Å². The number of imide groups is 1. The fourth-order valence-corrected chi connectivity index (χ4v) is 2.82. The molecule has 26 heavy (non-hydrogen) atoms. The Balaban J connectivity index is 1.73. The highest BCUT2D eigenvalue weighted by Gasteiger charge is 2.49. The van der Waals surface area contributed by atoms with Gasteiger partial charge in [0, 0.05) is 10.7 Å². The van der Waals surface area contributed by atoms with E-state index in [4.69, 9.17) is 11.6 Å². The molecule has 1 aliphatic rings. The van der Waals surface area contributed by atoms with Crippen LogP contribution in [0.1, 0.15) is 12.5 Å². The SMILES string of the molecule is C[C@]1(c2ccc(Cl)cc2)NC(=O)N(CC(=O)Nc2ccc(F)cc2)C1=O. The number of benzene rings is 2. The number of rotatable bonds is 4. The van der Waals surface area contributed by atoms with Crippen LogP contribution >= 0.6 is 11.6 Å². The third-order valence-corrected chi connectivity index (χ3v) is 4.38. The van der Waals surface area contributed by atoms with Gasteiger partial charge in [-0.05, 0) is 48.9 Å². The zero-order valence-corrected chi connectivity index (χ0v) is 14.5. The number of halogens is 2. The molecule has 1 fully saturated rings. The highest BCUT2D eigenvalue weighted by atomic mass is 35.5. The molecule has 0 radical (unpaired) electrons. The van der Waals surface area contributed by atoms with E-state index in [-0.39, 0.29) is 0 Å². The first-order valence-corrected chi connectivity index (χ1v) is 8.13. The largest absolute Gasteiger partial charge is 0.325 e. The second-order valence-corrected chi connectivity index (χ2v) is 6.44. The molecule has 0 saturated carbocycles. The Labute approximate surface area is 153 Å². The van der Waals surface area contributed by atoms with Crippen LogP contribution < -0.4 is 10.6 Å². The molecule has 4 amide bonds. The number of anilines is 1. The molecular formula is C18H15ClFN3O3. The molecule has 0 spiro atoms. The first-order chi connectivity index (χ1) is 12.3. The smallest absolute Gasteiger partial charge is 0.325 e. The van der Waals surface area contributed by atoms with Crippen molar-refractivity contribution in [2.45, 2.75) is 12.5 Å². The van der Waals surface area contributed by atoms with Gasteiger partial charge in [-0.2, -0.15) is 0 Å². The molecule has 0 bridgehead atoms. The normalized spacial score (nSPS) is 19.4. The predicted octanol–water partition coefficient (Wildman–Crippen LogP) is 2.88. The Morgan fingerprint density at radius 3 is 2.38 bits per heavy atom. The Hall–Kier alpha value is -2.93. The van der Waals surface area contributed by atoms with E-state index >= 15 is 0 Å². The zero-order valence-electron chi connectivity index (χ0n) is 13.8. The zero-order chi connectivity index (χ0) is 18.9. The van der Waals surface area contributed by atoms with Crippen LogP contribution in [-0.2, 0) is 15.1 Å². The maximum Gasteiger partial charge on any atom is 0.325 e. The first kappa shape index (κ1) is 17.9. The van der Waals surface area contributed by atoms with Gasteiger partial charge in [0.1, 0.15) is 17.9 Å². The molecule has 3 rings (SSSR count). The van der Waals surface area contributed by atoms with Crippen LogP contribution in [0.5, 0.6) is 0 Å². The van der Waals surface area contributed by atoms with Gasteiger partial charge in [-0.3, -0.25) is 14.5 Å². The van der Waals surface area contributed by atoms with Gasteiger partial charge >= 0.3 is 6.03 Å². The summed E-state index contributed by atoms with van der Waals surface area (Å²) in [4.78, 5) is 37.9. The van der Waals surface area contributed by atoms with E-state index in [0.717, 1.165) is 4.90 Å². The third-order valence-electron chi connectivity index (χ3n) is 4.13. The van der Waals surface area contributed by atoms with Gasteiger partial charge in [0.2, 0.25) is 5.91 Å². The van der Waals surface area contributed by atoms with E-state index in [1.165, 1.54) is 24.3 Å². The summed E-state index contributed by atoms with van der Waals surface area (Å²) in [6.07, 6.45) is 0. The quantitative estimate of drug-likeness (QED) is 0.806. The summed E-state index contributed by atoms with van der Waals surface area (Å²) in [5, 5.41) is 5.63. The molecule has 0 aliphatic carbocycles. The molecule has 6 nitrogen and oxygen atoms in total. The van der Waals surface area contributed by atoms with Gasteiger partial charge in [0.15, 0.2) is 0 Å². The molecule has 8 heteroatoms. The Kier molecular flexibility index (Phi) is 4.65. The minimum Gasteiger partial charge on any atom is -0.325 e. The maximum absolute atomic E-state index is 12.9. The highest BCUT2D eigenvalue weighted by molar-refractivity contribution is 6.30. The Morgan fingerprint density at radius 1 is 1.15 bits per heavy atom. The standard InChI is InChI=1S/C18H15ClFN3O3/c1-18(11-2-4-12(19)5-3-11)16(25)23(17(26)22-18)10-15(24)21-14-8-6-13(20)7-9-14/h2-9H,10H2,1H3,(H,21,24)(H,22,26)/t18-/m1/s1. The molecule has 1 heterocycles. The maximum atomic E-state index is 12.9. The Bertz CT molecular complexity index is 870. The molecule has 1 aliphatic heterocycles. The average Bonchev–Trinajstić information content (AvgIpc) is 2.82. The Morgan fingerprint density at radius 2 is 1.77 bits per heavy atom. The molecule has 2 N–H and O–H groups in total. The van der Waals surface area contributed by atoms with Crippen molar-refractivity contribution >= 4 is 35.1 Å². The van der Waals surface area contributed by atoms with E-state index in [0.29, 0.717) is 16.3 Å². The number of urea groups is 1. The monoisotopic (exact) mass is 375 g/mol. The molecule has 2 aromatic rings. The van der Waals surface area contributed by atoms with Crippen molar-refractivity contribution < 1.29 is 18.8 Å². The summed E-state index contributed by atoms with van der Waals surface area (Å²) in [6.45, 7) is 1.11. The van der Waals surface area contributed by atoms with Crippen molar-refractivity contribution in [1.82, 2.24) is 10.2 Å².